The summed E-state index contributed by atoms with van der Waals surface area (Å²) in [5.74, 6) is 2.34. The Labute approximate surface area is 147 Å². The van der Waals surface area contributed by atoms with E-state index in [4.69, 9.17) is 14.2 Å². The summed E-state index contributed by atoms with van der Waals surface area (Å²) in [7, 11) is 0. The summed E-state index contributed by atoms with van der Waals surface area (Å²) in [4.78, 5) is 11.9. The van der Waals surface area contributed by atoms with E-state index in [-0.39, 0.29) is 12.0 Å². The number of rotatable bonds is 7. The molecule has 1 N–H and O–H groups in total. The van der Waals surface area contributed by atoms with Gasteiger partial charge < -0.3 is 19.5 Å². The smallest absolute Gasteiger partial charge is 0.220 e. The molecule has 0 bridgehead atoms. The van der Waals surface area contributed by atoms with Gasteiger partial charge in [0.05, 0.1) is 13.2 Å². The van der Waals surface area contributed by atoms with Crippen LogP contribution in [0.2, 0.25) is 0 Å². The number of hydrogen-bond acceptors (Lipinski definition) is 4. The summed E-state index contributed by atoms with van der Waals surface area (Å²) in [6.45, 7) is 3.40. The minimum Gasteiger partial charge on any atom is -0.493 e. The second-order valence-corrected chi connectivity index (χ2v) is 6.02. The maximum atomic E-state index is 11.9. The first-order valence-corrected chi connectivity index (χ1v) is 8.56. The van der Waals surface area contributed by atoms with Gasteiger partial charge in [-0.2, -0.15) is 0 Å². The Morgan fingerprint density at radius 1 is 1.16 bits per heavy atom. The third kappa shape index (κ3) is 4.89. The van der Waals surface area contributed by atoms with Crippen LogP contribution >= 0.6 is 0 Å². The molecule has 0 fully saturated rings. The van der Waals surface area contributed by atoms with E-state index in [9.17, 15) is 4.79 Å². The Morgan fingerprint density at radius 3 is 2.76 bits per heavy atom. The number of benzene rings is 2. The standard InChI is InChI=1S/C20H23NO4/c1-15-7-2-3-8-17(15)23-12-6-11-20(22)21-13-16-14-24-18-9-4-5-10-19(18)25-16/h2-5,7-10,16H,6,11-14H2,1H3,(H,21,22). The Morgan fingerprint density at radius 2 is 1.92 bits per heavy atom. The molecule has 0 aromatic heterocycles. The lowest BCUT2D eigenvalue weighted by molar-refractivity contribution is -0.121. The van der Waals surface area contributed by atoms with Crippen molar-refractivity contribution < 1.29 is 19.0 Å². The van der Waals surface area contributed by atoms with Gasteiger partial charge in [0.1, 0.15) is 18.5 Å². The molecule has 0 radical (unpaired) electrons. The van der Waals surface area contributed by atoms with Crippen molar-refractivity contribution in [2.24, 2.45) is 0 Å². The van der Waals surface area contributed by atoms with E-state index in [0.29, 0.717) is 32.6 Å². The van der Waals surface area contributed by atoms with E-state index in [1.165, 1.54) is 0 Å². The molecule has 3 rings (SSSR count). The molecule has 132 valence electrons. The van der Waals surface area contributed by atoms with Gasteiger partial charge in [-0.3, -0.25) is 4.79 Å². The SMILES string of the molecule is Cc1ccccc1OCCCC(=O)NCC1COc2ccccc2O1. The molecule has 0 aliphatic carbocycles. The fourth-order valence-corrected chi connectivity index (χ4v) is 2.61. The number of aryl methyl sites for hydroxylation is 1. The minimum absolute atomic E-state index is 0.00385. The molecule has 5 nitrogen and oxygen atoms in total. The first-order valence-electron chi connectivity index (χ1n) is 8.56. The summed E-state index contributed by atoms with van der Waals surface area (Å²) in [6.07, 6.45) is 0.934. The number of para-hydroxylation sites is 3. The molecule has 1 aliphatic heterocycles. The number of carbonyl (C=O) groups excluding carboxylic acids is 1. The zero-order valence-electron chi connectivity index (χ0n) is 14.4. The van der Waals surface area contributed by atoms with E-state index in [1.807, 2.05) is 55.5 Å². The third-order valence-corrected chi connectivity index (χ3v) is 3.99. The fraction of sp³-hybridized carbons (Fsp3) is 0.350. The zero-order chi connectivity index (χ0) is 17.5. The van der Waals surface area contributed by atoms with Crippen LogP contribution in [0.15, 0.2) is 48.5 Å². The highest BCUT2D eigenvalue weighted by Crippen LogP contribution is 2.30. The molecule has 5 heteroatoms. The summed E-state index contributed by atoms with van der Waals surface area (Å²) in [5.41, 5.74) is 1.10. The average Bonchev–Trinajstić information content (AvgIpc) is 2.64. The average molecular weight is 341 g/mol. The molecule has 1 heterocycles. The lowest BCUT2D eigenvalue weighted by Crippen LogP contribution is -2.40. The summed E-state index contributed by atoms with van der Waals surface area (Å²) < 4.78 is 17.1. The molecule has 2 aromatic rings. The highest BCUT2D eigenvalue weighted by Gasteiger charge is 2.20. The lowest BCUT2D eigenvalue weighted by Gasteiger charge is -2.26. The van der Waals surface area contributed by atoms with Crippen molar-refractivity contribution in [2.45, 2.75) is 25.9 Å². The van der Waals surface area contributed by atoms with E-state index < -0.39 is 0 Å². The quantitative estimate of drug-likeness (QED) is 0.786. The number of ether oxygens (including phenoxy) is 3. The second kappa shape index (κ2) is 8.42. The predicted molar refractivity (Wildman–Crippen MR) is 95.3 cm³/mol. The Bertz CT molecular complexity index is 716. The van der Waals surface area contributed by atoms with Crippen LogP contribution in [0, 0.1) is 6.92 Å². The molecular formula is C20H23NO4. The largest absolute Gasteiger partial charge is 0.493 e. The maximum Gasteiger partial charge on any atom is 0.220 e. The summed E-state index contributed by atoms with van der Waals surface area (Å²) in [5, 5.41) is 2.89. The predicted octanol–water partition coefficient (Wildman–Crippen LogP) is 3.11. The van der Waals surface area contributed by atoms with Gasteiger partial charge in [0, 0.05) is 6.42 Å². The number of carbonyl (C=O) groups is 1. The number of nitrogens with one attached hydrogen (secondary N) is 1. The Kier molecular flexibility index (Phi) is 5.77. The van der Waals surface area contributed by atoms with Crippen molar-refractivity contribution in [1.29, 1.82) is 0 Å². The van der Waals surface area contributed by atoms with Gasteiger partial charge in [-0.25, -0.2) is 0 Å². The van der Waals surface area contributed by atoms with Crippen molar-refractivity contribution >= 4 is 5.91 Å². The second-order valence-electron chi connectivity index (χ2n) is 6.02. The molecule has 0 spiro atoms. The number of amides is 1. The first-order chi connectivity index (χ1) is 12.2. The van der Waals surface area contributed by atoms with E-state index in [2.05, 4.69) is 5.32 Å². The van der Waals surface area contributed by atoms with Crippen molar-refractivity contribution in [3.05, 3.63) is 54.1 Å². The molecule has 1 atom stereocenters. The van der Waals surface area contributed by atoms with Gasteiger partial charge in [-0.05, 0) is 37.1 Å². The normalized spacial score (nSPS) is 15.5. The van der Waals surface area contributed by atoms with Gasteiger partial charge in [0.15, 0.2) is 11.5 Å². The van der Waals surface area contributed by atoms with Crippen LogP contribution < -0.4 is 19.5 Å². The van der Waals surface area contributed by atoms with Gasteiger partial charge in [-0.1, -0.05) is 30.3 Å². The molecule has 0 saturated heterocycles. The van der Waals surface area contributed by atoms with Crippen LogP contribution in [0.5, 0.6) is 17.2 Å². The van der Waals surface area contributed by atoms with Gasteiger partial charge in [0.25, 0.3) is 0 Å². The molecule has 2 aromatic carbocycles. The fourth-order valence-electron chi connectivity index (χ4n) is 2.61. The monoisotopic (exact) mass is 341 g/mol. The van der Waals surface area contributed by atoms with Gasteiger partial charge >= 0.3 is 0 Å². The first kappa shape index (κ1) is 17.1. The Balaban J connectivity index is 1.33. The molecule has 1 amide bonds. The van der Waals surface area contributed by atoms with Crippen LogP contribution in [-0.2, 0) is 4.79 Å². The minimum atomic E-state index is -0.165. The molecule has 0 saturated carbocycles. The molecule has 1 aliphatic rings. The Hall–Kier alpha value is -2.69. The van der Waals surface area contributed by atoms with Crippen molar-refractivity contribution in [3.8, 4) is 17.2 Å². The summed E-state index contributed by atoms with van der Waals surface area (Å²) >= 11 is 0. The molecular weight excluding hydrogens is 318 g/mol. The molecule has 1 unspecified atom stereocenters. The number of hydrogen-bond donors (Lipinski definition) is 1. The van der Waals surface area contributed by atoms with E-state index >= 15 is 0 Å². The van der Waals surface area contributed by atoms with E-state index in [1.54, 1.807) is 0 Å². The number of fused-ring (bicyclic) bond motifs is 1. The lowest BCUT2D eigenvalue weighted by atomic mass is 10.2. The van der Waals surface area contributed by atoms with Crippen LogP contribution in [-0.4, -0.2) is 31.8 Å². The highest BCUT2D eigenvalue weighted by atomic mass is 16.6. The molecule has 25 heavy (non-hydrogen) atoms. The topological polar surface area (TPSA) is 56.8 Å². The van der Waals surface area contributed by atoms with Crippen LogP contribution in [0.3, 0.4) is 0 Å². The zero-order valence-corrected chi connectivity index (χ0v) is 14.4. The van der Waals surface area contributed by atoms with Gasteiger partial charge in [-0.15, -0.1) is 0 Å². The van der Waals surface area contributed by atoms with Crippen LogP contribution in [0.1, 0.15) is 18.4 Å². The van der Waals surface area contributed by atoms with Gasteiger partial charge in [0.2, 0.25) is 5.91 Å². The van der Waals surface area contributed by atoms with Crippen molar-refractivity contribution in [2.75, 3.05) is 19.8 Å². The summed E-state index contributed by atoms with van der Waals surface area (Å²) in [6, 6.07) is 15.4. The van der Waals surface area contributed by atoms with Crippen molar-refractivity contribution in [1.82, 2.24) is 5.32 Å². The maximum absolute atomic E-state index is 11.9. The van der Waals surface area contributed by atoms with Crippen LogP contribution in [0.25, 0.3) is 0 Å². The highest BCUT2D eigenvalue weighted by molar-refractivity contribution is 5.75. The van der Waals surface area contributed by atoms with Crippen LogP contribution in [0.4, 0.5) is 0 Å². The van der Waals surface area contributed by atoms with E-state index in [0.717, 1.165) is 22.8 Å². The third-order valence-electron chi connectivity index (χ3n) is 3.99. The van der Waals surface area contributed by atoms with Crippen molar-refractivity contribution in [3.63, 3.8) is 0 Å².